The molecule has 0 aromatic carbocycles. The van der Waals surface area contributed by atoms with E-state index in [2.05, 4.69) is 40.9 Å². The number of pyridine rings is 1. The first-order valence-corrected chi connectivity index (χ1v) is 5.20. The number of carbonyl (C=O) groups is 1. The molecule has 0 spiro atoms. The Bertz CT molecular complexity index is 486. The normalized spacial score (nSPS) is 10.1. The van der Waals surface area contributed by atoms with Crippen LogP contribution in [0, 0.1) is 0 Å². The molecular weight excluding hydrogens is 276 g/mol. The third kappa shape index (κ3) is 2.43. The minimum absolute atomic E-state index is 0.219. The molecule has 0 aliphatic heterocycles. The number of amides is 1. The summed E-state index contributed by atoms with van der Waals surface area (Å²) < 4.78 is 5.04. The van der Waals surface area contributed by atoms with Gasteiger partial charge in [0.05, 0.1) is 12.1 Å². The van der Waals surface area contributed by atoms with Crippen molar-refractivity contribution in [3.05, 3.63) is 40.7 Å². The average Bonchev–Trinajstić information content (AvgIpc) is 2.79. The van der Waals surface area contributed by atoms with Gasteiger partial charge in [0.25, 0.3) is 5.91 Å². The molecule has 82 valence electrons. The molecule has 16 heavy (non-hydrogen) atoms. The van der Waals surface area contributed by atoms with Crippen LogP contribution in [0.5, 0.6) is 0 Å². The zero-order valence-corrected chi connectivity index (χ0v) is 9.64. The van der Waals surface area contributed by atoms with Gasteiger partial charge in [-0.15, -0.1) is 0 Å². The van der Waals surface area contributed by atoms with E-state index in [4.69, 9.17) is 0 Å². The van der Waals surface area contributed by atoms with Crippen LogP contribution < -0.4 is 5.32 Å². The van der Waals surface area contributed by atoms with Crippen molar-refractivity contribution in [1.82, 2.24) is 20.4 Å². The summed E-state index contributed by atoms with van der Waals surface area (Å²) in [5, 5.41) is 6.22. The highest BCUT2D eigenvalue weighted by Gasteiger charge is 2.10. The molecular formula is C9H7BrN4O2. The molecule has 1 amide bonds. The topological polar surface area (TPSA) is 80.9 Å². The second-order valence-electron chi connectivity index (χ2n) is 2.87. The highest BCUT2D eigenvalue weighted by Crippen LogP contribution is 2.12. The van der Waals surface area contributed by atoms with Crippen LogP contribution in [0.25, 0.3) is 0 Å². The van der Waals surface area contributed by atoms with E-state index in [0.717, 1.165) is 0 Å². The van der Waals surface area contributed by atoms with Crippen LogP contribution >= 0.6 is 15.9 Å². The molecule has 1 N–H and O–H groups in total. The van der Waals surface area contributed by atoms with Gasteiger partial charge >= 0.3 is 0 Å². The Hall–Kier alpha value is -1.76. The summed E-state index contributed by atoms with van der Waals surface area (Å²) in [6, 6.07) is 3.36. The Morgan fingerprint density at radius 1 is 1.50 bits per heavy atom. The third-order valence-corrected chi connectivity index (χ3v) is 2.45. The van der Waals surface area contributed by atoms with Gasteiger partial charge in [0, 0.05) is 6.20 Å². The van der Waals surface area contributed by atoms with Gasteiger partial charge in [-0.1, -0.05) is 5.16 Å². The van der Waals surface area contributed by atoms with Gasteiger partial charge in [-0.05, 0) is 28.1 Å². The Morgan fingerprint density at radius 3 is 3.06 bits per heavy atom. The molecule has 0 atom stereocenters. The fourth-order valence-electron chi connectivity index (χ4n) is 1.08. The SMILES string of the molecule is O=C(NCc1ncon1)c1cccnc1Br. The molecule has 2 aromatic rings. The maximum absolute atomic E-state index is 11.7. The summed E-state index contributed by atoms with van der Waals surface area (Å²) in [6.45, 7) is 0.219. The maximum atomic E-state index is 11.7. The monoisotopic (exact) mass is 282 g/mol. The zero-order chi connectivity index (χ0) is 11.4. The molecule has 0 aliphatic carbocycles. The molecule has 0 fully saturated rings. The molecule has 6 nitrogen and oxygen atoms in total. The smallest absolute Gasteiger partial charge is 0.254 e. The Kier molecular flexibility index (Phi) is 3.25. The molecule has 2 aromatic heterocycles. The van der Waals surface area contributed by atoms with Crippen LogP contribution in [0.2, 0.25) is 0 Å². The number of carbonyl (C=O) groups excluding carboxylic acids is 1. The van der Waals surface area contributed by atoms with Gasteiger partial charge in [0.1, 0.15) is 4.60 Å². The van der Waals surface area contributed by atoms with Crippen molar-refractivity contribution in [2.75, 3.05) is 0 Å². The largest absolute Gasteiger partial charge is 0.345 e. The molecule has 0 bridgehead atoms. The molecule has 0 saturated carbocycles. The molecule has 7 heteroatoms. The van der Waals surface area contributed by atoms with Crippen molar-refractivity contribution < 1.29 is 9.32 Å². The minimum Gasteiger partial charge on any atom is -0.345 e. The molecule has 2 rings (SSSR count). The first-order chi connectivity index (χ1) is 7.77. The van der Waals surface area contributed by atoms with E-state index in [9.17, 15) is 4.79 Å². The van der Waals surface area contributed by atoms with Gasteiger partial charge < -0.3 is 9.84 Å². The van der Waals surface area contributed by atoms with E-state index in [1.54, 1.807) is 18.3 Å². The van der Waals surface area contributed by atoms with Crippen molar-refractivity contribution in [2.24, 2.45) is 0 Å². The molecule has 0 unspecified atom stereocenters. The van der Waals surface area contributed by atoms with E-state index in [1.807, 2.05) is 0 Å². The zero-order valence-electron chi connectivity index (χ0n) is 8.05. The van der Waals surface area contributed by atoms with Gasteiger partial charge in [0.2, 0.25) is 6.39 Å². The number of nitrogens with zero attached hydrogens (tertiary/aromatic N) is 3. The molecule has 0 saturated heterocycles. The predicted octanol–water partition coefficient (Wildman–Crippen LogP) is 1.16. The lowest BCUT2D eigenvalue weighted by molar-refractivity contribution is 0.0948. The van der Waals surface area contributed by atoms with E-state index in [-0.39, 0.29) is 12.5 Å². The number of halogens is 1. The lowest BCUT2D eigenvalue weighted by Crippen LogP contribution is -2.23. The van der Waals surface area contributed by atoms with Crippen LogP contribution in [0.4, 0.5) is 0 Å². The standard InChI is InChI=1S/C9H7BrN4O2/c10-8-6(2-1-3-11-8)9(15)12-4-7-13-5-16-14-7/h1-3,5H,4H2,(H,12,15). The Labute approximate surface area is 99.2 Å². The van der Waals surface area contributed by atoms with E-state index in [1.165, 1.54) is 6.39 Å². The summed E-state index contributed by atoms with van der Waals surface area (Å²) in [5.41, 5.74) is 0.464. The van der Waals surface area contributed by atoms with Crippen LogP contribution in [-0.2, 0) is 6.54 Å². The van der Waals surface area contributed by atoms with Crippen LogP contribution in [0.3, 0.4) is 0 Å². The number of hydrogen-bond donors (Lipinski definition) is 1. The average molecular weight is 283 g/mol. The minimum atomic E-state index is -0.246. The van der Waals surface area contributed by atoms with E-state index in [0.29, 0.717) is 16.0 Å². The number of hydrogen-bond acceptors (Lipinski definition) is 5. The fourth-order valence-corrected chi connectivity index (χ4v) is 1.51. The summed E-state index contributed by atoms with van der Waals surface area (Å²) in [6.07, 6.45) is 2.81. The van der Waals surface area contributed by atoms with Crippen LogP contribution in [0.15, 0.2) is 33.8 Å². The second kappa shape index (κ2) is 4.84. The Balaban J connectivity index is 2.01. The third-order valence-electron chi connectivity index (χ3n) is 1.82. The number of rotatable bonds is 3. The van der Waals surface area contributed by atoms with Crippen LogP contribution in [-0.4, -0.2) is 21.0 Å². The second-order valence-corrected chi connectivity index (χ2v) is 3.62. The highest BCUT2D eigenvalue weighted by atomic mass is 79.9. The lowest BCUT2D eigenvalue weighted by atomic mass is 10.3. The Morgan fingerprint density at radius 2 is 2.38 bits per heavy atom. The van der Waals surface area contributed by atoms with Crippen molar-refractivity contribution >= 4 is 21.8 Å². The first kappa shape index (κ1) is 10.7. The molecule has 0 aliphatic rings. The fraction of sp³-hybridized carbons (Fsp3) is 0.111. The van der Waals surface area contributed by atoms with Gasteiger partial charge in [0.15, 0.2) is 5.82 Å². The summed E-state index contributed by atoms with van der Waals surface area (Å²) in [7, 11) is 0. The predicted molar refractivity (Wildman–Crippen MR) is 57.4 cm³/mol. The van der Waals surface area contributed by atoms with Gasteiger partial charge in [-0.3, -0.25) is 4.79 Å². The maximum Gasteiger partial charge on any atom is 0.254 e. The molecule has 0 radical (unpaired) electrons. The summed E-state index contributed by atoms with van der Waals surface area (Å²) >= 11 is 3.19. The van der Waals surface area contributed by atoms with Crippen molar-refractivity contribution in [3.8, 4) is 0 Å². The van der Waals surface area contributed by atoms with Crippen molar-refractivity contribution in [3.63, 3.8) is 0 Å². The summed E-state index contributed by atoms with van der Waals surface area (Å²) in [4.78, 5) is 19.4. The van der Waals surface area contributed by atoms with Crippen LogP contribution in [0.1, 0.15) is 16.2 Å². The van der Waals surface area contributed by atoms with Crippen molar-refractivity contribution in [1.29, 1.82) is 0 Å². The van der Waals surface area contributed by atoms with E-state index < -0.39 is 0 Å². The number of nitrogens with one attached hydrogen (secondary N) is 1. The number of aromatic nitrogens is 3. The quantitative estimate of drug-likeness (QED) is 0.855. The summed E-state index contributed by atoms with van der Waals surface area (Å²) in [5.74, 6) is 0.179. The van der Waals surface area contributed by atoms with Crippen molar-refractivity contribution in [2.45, 2.75) is 6.54 Å². The highest BCUT2D eigenvalue weighted by molar-refractivity contribution is 9.10. The first-order valence-electron chi connectivity index (χ1n) is 4.41. The van der Waals surface area contributed by atoms with E-state index >= 15 is 0 Å². The lowest BCUT2D eigenvalue weighted by Gasteiger charge is -2.03. The van der Waals surface area contributed by atoms with Gasteiger partial charge in [-0.25, -0.2) is 4.98 Å². The van der Waals surface area contributed by atoms with Gasteiger partial charge in [-0.2, -0.15) is 4.98 Å². The molecule has 2 heterocycles.